The Morgan fingerprint density at radius 2 is 2.33 bits per heavy atom. The number of aromatic carboxylic acids is 1. The van der Waals surface area contributed by atoms with E-state index in [9.17, 15) is 14.9 Å². The van der Waals surface area contributed by atoms with Crippen LogP contribution in [0.5, 0.6) is 0 Å². The van der Waals surface area contributed by atoms with Gasteiger partial charge in [0.15, 0.2) is 0 Å². The van der Waals surface area contributed by atoms with Crippen LogP contribution in [0.4, 0.5) is 11.5 Å². The first kappa shape index (κ1) is 15.2. The molecule has 1 heterocycles. The first-order valence-electron chi connectivity index (χ1n) is 6.77. The Morgan fingerprint density at radius 1 is 1.57 bits per heavy atom. The minimum absolute atomic E-state index is 0.135. The molecule has 21 heavy (non-hydrogen) atoms. The van der Waals surface area contributed by atoms with Gasteiger partial charge in [-0.05, 0) is 25.2 Å². The number of carboxylic acids is 1. The highest BCUT2D eigenvalue weighted by molar-refractivity contribution is 5.93. The molecule has 1 aromatic heterocycles. The summed E-state index contributed by atoms with van der Waals surface area (Å²) in [5.74, 6) is -0.401. The molecule has 1 saturated carbocycles. The molecular weight excluding hydrogens is 278 g/mol. The maximum Gasteiger partial charge on any atom is 0.339 e. The smallest absolute Gasteiger partial charge is 0.339 e. The molecule has 0 aromatic carbocycles. The number of carbonyl (C=O) groups is 1. The maximum atomic E-state index is 11.1. The number of rotatable bonds is 9. The largest absolute Gasteiger partial charge is 0.478 e. The van der Waals surface area contributed by atoms with Gasteiger partial charge in [0.05, 0.1) is 4.92 Å². The van der Waals surface area contributed by atoms with E-state index >= 15 is 0 Å². The highest BCUT2D eigenvalue weighted by Crippen LogP contribution is 2.28. The number of nitro groups is 1. The van der Waals surface area contributed by atoms with E-state index in [0.717, 1.165) is 18.9 Å². The van der Waals surface area contributed by atoms with Crippen molar-refractivity contribution in [3.8, 4) is 0 Å². The average molecular weight is 295 g/mol. The van der Waals surface area contributed by atoms with Crippen LogP contribution in [-0.4, -0.2) is 40.7 Å². The van der Waals surface area contributed by atoms with Crippen LogP contribution in [0.15, 0.2) is 12.3 Å². The van der Waals surface area contributed by atoms with Gasteiger partial charge in [0.25, 0.3) is 5.69 Å². The Morgan fingerprint density at radius 3 is 2.95 bits per heavy atom. The Bertz CT molecular complexity index is 531. The second kappa shape index (κ2) is 6.98. The molecule has 0 atom stereocenters. The molecule has 0 spiro atoms. The topological polar surface area (TPSA) is 115 Å². The summed E-state index contributed by atoms with van der Waals surface area (Å²) in [5, 5.41) is 22.5. The minimum atomic E-state index is -1.25. The summed E-state index contributed by atoms with van der Waals surface area (Å²) in [5.41, 5.74) is -0.547. The number of pyridine rings is 1. The van der Waals surface area contributed by atoms with Crippen molar-refractivity contribution in [3.63, 3.8) is 0 Å². The lowest BCUT2D eigenvalue weighted by Gasteiger charge is -2.08. The van der Waals surface area contributed by atoms with Crippen molar-refractivity contribution in [2.75, 3.05) is 25.1 Å². The molecule has 2 N–H and O–H groups in total. The highest BCUT2D eigenvalue weighted by Gasteiger charge is 2.21. The van der Waals surface area contributed by atoms with Gasteiger partial charge in [-0.3, -0.25) is 10.1 Å². The zero-order valence-corrected chi connectivity index (χ0v) is 11.4. The number of ether oxygens (including phenoxy) is 1. The molecule has 8 nitrogen and oxygen atoms in total. The van der Waals surface area contributed by atoms with Crippen LogP contribution in [0.3, 0.4) is 0 Å². The number of hydrogen-bond acceptors (Lipinski definition) is 6. The molecule has 1 aliphatic rings. The fraction of sp³-hybridized carbons (Fsp3) is 0.538. The lowest BCUT2D eigenvalue weighted by atomic mass is 10.2. The third-order valence-electron chi connectivity index (χ3n) is 3.12. The van der Waals surface area contributed by atoms with E-state index in [2.05, 4.69) is 10.3 Å². The maximum absolute atomic E-state index is 11.1. The van der Waals surface area contributed by atoms with Gasteiger partial charge in [-0.2, -0.15) is 0 Å². The molecule has 1 fully saturated rings. The van der Waals surface area contributed by atoms with Gasteiger partial charge < -0.3 is 15.2 Å². The lowest BCUT2D eigenvalue weighted by Crippen LogP contribution is -2.12. The number of carboxylic acid groups (broad SMARTS) is 1. The molecule has 0 unspecified atom stereocenters. The van der Waals surface area contributed by atoms with E-state index in [1.54, 1.807) is 0 Å². The first-order valence-corrected chi connectivity index (χ1v) is 6.77. The molecular formula is C13H17N3O5. The van der Waals surface area contributed by atoms with Gasteiger partial charge in [0, 0.05) is 25.8 Å². The molecule has 0 aliphatic heterocycles. The number of anilines is 1. The average Bonchev–Trinajstić information content (AvgIpc) is 3.26. The van der Waals surface area contributed by atoms with Crippen LogP contribution in [0.1, 0.15) is 29.6 Å². The van der Waals surface area contributed by atoms with Crippen LogP contribution in [0.2, 0.25) is 0 Å². The Labute approximate surface area is 121 Å². The molecule has 0 bridgehead atoms. The fourth-order valence-electron chi connectivity index (χ4n) is 1.77. The fourth-order valence-corrected chi connectivity index (χ4v) is 1.77. The Balaban J connectivity index is 1.83. The normalized spacial score (nSPS) is 13.9. The van der Waals surface area contributed by atoms with E-state index in [0.29, 0.717) is 25.5 Å². The van der Waals surface area contributed by atoms with Crippen LogP contribution in [0, 0.1) is 16.0 Å². The third kappa shape index (κ3) is 4.67. The summed E-state index contributed by atoms with van der Waals surface area (Å²) in [6, 6.07) is 1.00. The number of aromatic nitrogens is 1. The quantitative estimate of drug-likeness (QED) is 0.406. The van der Waals surface area contributed by atoms with Crippen molar-refractivity contribution in [1.82, 2.24) is 4.98 Å². The van der Waals surface area contributed by atoms with Crippen LogP contribution < -0.4 is 5.32 Å². The van der Waals surface area contributed by atoms with Crippen molar-refractivity contribution >= 4 is 17.5 Å². The predicted molar refractivity (Wildman–Crippen MR) is 74.5 cm³/mol. The number of nitrogens with one attached hydrogen (secondary N) is 1. The van der Waals surface area contributed by atoms with Crippen molar-refractivity contribution in [3.05, 3.63) is 27.9 Å². The molecule has 0 amide bonds. The molecule has 0 radical (unpaired) electrons. The van der Waals surface area contributed by atoms with E-state index in [1.807, 2.05) is 0 Å². The zero-order chi connectivity index (χ0) is 15.2. The van der Waals surface area contributed by atoms with Crippen LogP contribution >= 0.6 is 0 Å². The third-order valence-corrected chi connectivity index (χ3v) is 3.12. The predicted octanol–water partition coefficient (Wildman–Crippen LogP) is 1.92. The van der Waals surface area contributed by atoms with E-state index in [1.165, 1.54) is 12.8 Å². The van der Waals surface area contributed by atoms with Gasteiger partial charge in [-0.1, -0.05) is 0 Å². The number of nitrogens with zero attached hydrogens (tertiary/aromatic N) is 2. The molecule has 114 valence electrons. The summed E-state index contributed by atoms with van der Waals surface area (Å²) in [7, 11) is 0. The van der Waals surface area contributed by atoms with Crippen LogP contribution in [0.25, 0.3) is 0 Å². The van der Waals surface area contributed by atoms with E-state index in [4.69, 9.17) is 9.84 Å². The Hall–Kier alpha value is -2.22. The van der Waals surface area contributed by atoms with Gasteiger partial charge >= 0.3 is 5.97 Å². The second-order valence-electron chi connectivity index (χ2n) is 4.95. The van der Waals surface area contributed by atoms with Crippen LogP contribution in [-0.2, 0) is 4.74 Å². The zero-order valence-electron chi connectivity index (χ0n) is 11.4. The summed E-state index contributed by atoms with van der Waals surface area (Å²) >= 11 is 0. The monoisotopic (exact) mass is 295 g/mol. The van der Waals surface area contributed by atoms with Crippen molar-refractivity contribution in [2.24, 2.45) is 5.92 Å². The molecule has 8 heteroatoms. The van der Waals surface area contributed by atoms with Gasteiger partial charge in [0.2, 0.25) is 0 Å². The van der Waals surface area contributed by atoms with Gasteiger partial charge in [-0.15, -0.1) is 0 Å². The SMILES string of the molecule is O=C(O)c1cc([N+](=O)[O-])cnc1NCCCOCC1CC1. The summed E-state index contributed by atoms with van der Waals surface area (Å²) in [6.07, 6.45) is 4.24. The van der Waals surface area contributed by atoms with E-state index in [-0.39, 0.29) is 17.1 Å². The minimum Gasteiger partial charge on any atom is -0.478 e. The van der Waals surface area contributed by atoms with Crippen molar-refractivity contribution < 1.29 is 19.6 Å². The molecule has 1 aromatic rings. The lowest BCUT2D eigenvalue weighted by molar-refractivity contribution is -0.385. The highest BCUT2D eigenvalue weighted by atomic mass is 16.6. The van der Waals surface area contributed by atoms with Crippen molar-refractivity contribution in [2.45, 2.75) is 19.3 Å². The van der Waals surface area contributed by atoms with Gasteiger partial charge in [0.1, 0.15) is 17.6 Å². The number of hydrogen-bond donors (Lipinski definition) is 2. The summed E-state index contributed by atoms with van der Waals surface area (Å²) < 4.78 is 5.46. The molecule has 1 aliphatic carbocycles. The van der Waals surface area contributed by atoms with E-state index < -0.39 is 10.9 Å². The van der Waals surface area contributed by atoms with Crippen molar-refractivity contribution in [1.29, 1.82) is 0 Å². The molecule has 0 saturated heterocycles. The molecule has 2 rings (SSSR count). The summed E-state index contributed by atoms with van der Waals surface area (Å²) in [6.45, 7) is 1.88. The standard InChI is InChI=1S/C13H17N3O5/c17-13(18)11-6-10(16(19)20)7-15-12(11)14-4-1-5-21-8-9-2-3-9/h6-7,9H,1-5,8H2,(H,14,15)(H,17,18). The van der Waals surface area contributed by atoms with Gasteiger partial charge in [-0.25, -0.2) is 9.78 Å². The summed E-state index contributed by atoms with van der Waals surface area (Å²) in [4.78, 5) is 24.8. The second-order valence-corrected chi connectivity index (χ2v) is 4.95. The Kier molecular flexibility index (Phi) is 5.04. The first-order chi connectivity index (χ1) is 10.1.